The molecule has 68 valence electrons. The quantitative estimate of drug-likeness (QED) is 0.728. The fraction of sp³-hybridized carbons (Fsp3) is 0.364. The predicted octanol–water partition coefficient (Wildman–Crippen LogP) is 1.97. The molecular formula is C11H14N2. The lowest BCUT2D eigenvalue weighted by Gasteiger charge is -1.98. The van der Waals surface area contributed by atoms with Crippen LogP contribution in [0.1, 0.15) is 18.4 Å². The van der Waals surface area contributed by atoms with Crippen LogP contribution in [0, 0.1) is 0 Å². The van der Waals surface area contributed by atoms with Crippen molar-refractivity contribution in [3.8, 4) is 0 Å². The van der Waals surface area contributed by atoms with E-state index in [0.717, 1.165) is 19.5 Å². The molecule has 1 aliphatic heterocycles. The summed E-state index contributed by atoms with van der Waals surface area (Å²) in [4.78, 5) is 4.50. The molecule has 2 nitrogen and oxygen atoms in total. The Morgan fingerprint density at radius 1 is 1.23 bits per heavy atom. The summed E-state index contributed by atoms with van der Waals surface area (Å²) in [5.74, 6) is 1.17. The van der Waals surface area contributed by atoms with Crippen LogP contribution in [0.2, 0.25) is 0 Å². The second kappa shape index (κ2) is 4.08. The Hall–Kier alpha value is -1.31. The molecule has 1 aliphatic rings. The first-order valence-corrected chi connectivity index (χ1v) is 4.76. The van der Waals surface area contributed by atoms with Crippen molar-refractivity contribution in [1.29, 1.82) is 0 Å². The molecule has 0 atom stereocenters. The average Bonchev–Trinajstić information content (AvgIpc) is 2.69. The highest BCUT2D eigenvalue weighted by Gasteiger charge is 2.05. The highest BCUT2D eigenvalue weighted by atomic mass is 15.0. The largest absolute Gasteiger partial charge is 0.374 e. The van der Waals surface area contributed by atoms with Gasteiger partial charge >= 0.3 is 0 Å². The van der Waals surface area contributed by atoms with Crippen LogP contribution in [-0.4, -0.2) is 12.4 Å². The normalized spacial score (nSPS) is 18.9. The summed E-state index contributed by atoms with van der Waals surface area (Å²) in [6.07, 6.45) is 2.35. The Morgan fingerprint density at radius 3 is 2.77 bits per heavy atom. The van der Waals surface area contributed by atoms with E-state index in [2.05, 4.69) is 34.6 Å². The Balaban J connectivity index is 1.95. The number of hydrogen-bond donors (Lipinski definition) is 1. The molecule has 2 heteroatoms. The molecule has 1 heterocycles. The standard InChI is InChI=1S/C11H14N2/c1-2-5-10(6-3-1)9-13-11-7-4-8-12-11/h1-3,5-6H,4,7-9H2,(H,12,13). The number of nitrogens with zero attached hydrogens (tertiary/aromatic N) is 1. The van der Waals surface area contributed by atoms with Gasteiger partial charge in [0.1, 0.15) is 0 Å². The SMILES string of the molecule is c1ccc(C/N=C2\CCCN2)cc1. The molecule has 1 fully saturated rings. The van der Waals surface area contributed by atoms with Gasteiger partial charge in [0.2, 0.25) is 0 Å². The number of hydrogen-bond acceptors (Lipinski definition) is 1. The fourth-order valence-corrected chi connectivity index (χ4v) is 1.48. The molecular weight excluding hydrogens is 160 g/mol. The van der Waals surface area contributed by atoms with E-state index in [1.165, 1.54) is 17.8 Å². The van der Waals surface area contributed by atoms with Crippen molar-refractivity contribution < 1.29 is 0 Å². The summed E-state index contributed by atoms with van der Waals surface area (Å²) in [5.41, 5.74) is 1.28. The first-order chi connectivity index (χ1) is 6.45. The third-order valence-electron chi connectivity index (χ3n) is 2.21. The summed E-state index contributed by atoms with van der Waals surface area (Å²) in [6, 6.07) is 10.4. The van der Waals surface area contributed by atoms with Crippen LogP contribution >= 0.6 is 0 Å². The smallest absolute Gasteiger partial charge is 0.0967 e. The number of rotatable bonds is 2. The van der Waals surface area contributed by atoms with Crippen molar-refractivity contribution in [3.05, 3.63) is 35.9 Å². The highest BCUT2D eigenvalue weighted by molar-refractivity contribution is 5.83. The van der Waals surface area contributed by atoms with Crippen LogP contribution in [0.15, 0.2) is 35.3 Å². The first kappa shape index (κ1) is 8.30. The van der Waals surface area contributed by atoms with Crippen molar-refractivity contribution in [1.82, 2.24) is 5.32 Å². The Morgan fingerprint density at radius 2 is 2.08 bits per heavy atom. The average molecular weight is 174 g/mol. The zero-order valence-electron chi connectivity index (χ0n) is 7.66. The van der Waals surface area contributed by atoms with Crippen LogP contribution in [-0.2, 0) is 6.54 Å². The highest BCUT2D eigenvalue weighted by Crippen LogP contribution is 2.03. The van der Waals surface area contributed by atoms with E-state index >= 15 is 0 Å². The molecule has 0 amide bonds. The lowest BCUT2D eigenvalue weighted by atomic mass is 10.2. The van der Waals surface area contributed by atoms with Gasteiger partial charge in [0, 0.05) is 13.0 Å². The minimum atomic E-state index is 0.809. The molecule has 0 unspecified atom stereocenters. The molecule has 2 rings (SSSR count). The van der Waals surface area contributed by atoms with E-state index in [1.54, 1.807) is 0 Å². The van der Waals surface area contributed by atoms with Crippen molar-refractivity contribution in [2.24, 2.45) is 4.99 Å². The second-order valence-corrected chi connectivity index (χ2v) is 3.28. The molecule has 0 saturated carbocycles. The molecule has 1 aromatic rings. The van der Waals surface area contributed by atoms with Crippen molar-refractivity contribution >= 4 is 5.84 Å². The lowest BCUT2D eigenvalue weighted by molar-refractivity contribution is 0.911. The number of nitrogens with one attached hydrogen (secondary N) is 1. The molecule has 0 aliphatic carbocycles. The second-order valence-electron chi connectivity index (χ2n) is 3.28. The summed E-state index contributed by atoms with van der Waals surface area (Å²) in [5, 5.41) is 3.28. The van der Waals surface area contributed by atoms with Crippen LogP contribution in [0.3, 0.4) is 0 Å². The maximum atomic E-state index is 4.50. The summed E-state index contributed by atoms with van der Waals surface area (Å²) >= 11 is 0. The topological polar surface area (TPSA) is 24.4 Å². The Labute approximate surface area is 78.7 Å². The van der Waals surface area contributed by atoms with Gasteiger partial charge < -0.3 is 5.32 Å². The van der Waals surface area contributed by atoms with Gasteiger partial charge in [0.15, 0.2) is 0 Å². The van der Waals surface area contributed by atoms with Gasteiger partial charge in [-0.05, 0) is 12.0 Å². The molecule has 1 N–H and O–H groups in total. The number of amidine groups is 1. The fourth-order valence-electron chi connectivity index (χ4n) is 1.48. The predicted molar refractivity (Wildman–Crippen MR) is 54.8 cm³/mol. The minimum Gasteiger partial charge on any atom is -0.374 e. The van der Waals surface area contributed by atoms with Crippen molar-refractivity contribution in [2.75, 3.05) is 6.54 Å². The number of aliphatic imine (C=N–C) groups is 1. The van der Waals surface area contributed by atoms with Gasteiger partial charge in [0.25, 0.3) is 0 Å². The zero-order valence-corrected chi connectivity index (χ0v) is 7.66. The molecule has 1 aromatic carbocycles. The minimum absolute atomic E-state index is 0.809. The Kier molecular flexibility index (Phi) is 2.60. The van der Waals surface area contributed by atoms with Crippen LogP contribution in [0.25, 0.3) is 0 Å². The van der Waals surface area contributed by atoms with E-state index in [9.17, 15) is 0 Å². The number of benzene rings is 1. The summed E-state index contributed by atoms with van der Waals surface area (Å²) < 4.78 is 0. The van der Waals surface area contributed by atoms with Crippen molar-refractivity contribution in [3.63, 3.8) is 0 Å². The van der Waals surface area contributed by atoms with E-state index in [-0.39, 0.29) is 0 Å². The third kappa shape index (κ3) is 2.31. The van der Waals surface area contributed by atoms with E-state index in [1.807, 2.05) is 6.07 Å². The molecule has 0 spiro atoms. The molecule has 13 heavy (non-hydrogen) atoms. The van der Waals surface area contributed by atoms with Gasteiger partial charge in [0.05, 0.1) is 12.4 Å². The van der Waals surface area contributed by atoms with Gasteiger partial charge in [-0.3, -0.25) is 4.99 Å². The van der Waals surface area contributed by atoms with Gasteiger partial charge in [-0.15, -0.1) is 0 Å². The molecule has 0 radical (unpaired) electrons. The summed E-state index contributed by atoms with van der Waals surface area (Å²) in [7, 11) is 0. The third-order valence-corrected chi connectivity index (χ3v) is 2.21. The van der Waals surface area contributed by atoms with Crippen LogP contribution in [0.4, 0.5) is 0 Å². The van der Waals surface area contributed by atoms with Gasteiger partial charge in [-0.25, -0.2) is 0 Å². The van der Waals surface area contributed by atoms with Crippen LogP contribution < -0.4 is 5.32 Å². The zero-order chi connectivity index (χ0) is 8.93. The maximum absolute atomic E-state index is 4.50. The first-order valence-electron chi connectivity index (χ1n) is 4.76. The molecule has 1 saturated heterocycles. The van der Waals surface area contributed by atoms with Crippen molar-refractivity contribution in [2.45, 2.75) is 19.4 Å². The summed E-state index contributed by atoms with van der Waals surface area (Å²) in [6.45, 7) is 1.90. The van der Waals surface area contributed by atoms with Gasteiger partial charge in [-0.1, -0.05) is 30.3 Å². The van der Waals surface area contributed by atoms with Gasteiger partial charge in [-0.2, -0.15) is 0 Å². The van der Waals surface area contributed by atoms with E-state index in [0.29, 0.717) is 0 Å². The maximum Gasteiger partial charge on any atom is 0.0967 e. The lowest BCUT2D eigenvalue weighted by Crippen LogP contribution is -2.14. The van der Waals surface area contributed by atoms with Crippen LogP contribution in [0.5, 0.6) is 0 Å². The molecule has 0 bridgehead atoms. The van der Waals surface area contributed by atoms with E-state index in [4.69, 9.17) is 0 Å². The monoisotopic (exact) mass is 174 g/mol. The van der Waals surface area contributed by atoms with E-state index < -0.39 is 0 Å². The molecule has 0 aromatic heterocycles. The Bertz CT molecular complexity index is 282.